The summed E-state index contributed by atoms with van der Waals surface area (Å²) in [6.45, 7) is 1.02. The van der Waals surface area contributed by atoms with Crippen LogP contribution in [0.25, 0.3) is 0 Å². The van der Waals surface area contributed by atoms with Crippen LogP contribution in [0.4, 0.5) is 0 Å². The average Bonchev–Trinajstić information content (AvgIpc) is 2.87. The normalized spacial score (nSPS) is 21.2. The lowest BCUT2D eigenvalue weighted by atomic mass is 10.1. The van der Waals surface area contributed by atoms with E-state index in [2.05, 4.69) is 0 Å². The van der Waals surface area contributed by atoms with Crippen LogP contribution in [0.5, 0.6) is 0 Å². The molecule has 0 aliphatic carbocycles. The highest BCUT2D eigenvalue weighted by atomic mass is 35.5. The van der Waals surface area contributed by atoms with E-state index >= 15 is 0 Å². The molecule has 1 aliphatic rings. The molecule has 0 aromatic rings. The van der Waals surface area contributed by atoms with Crippen molar-refractivity contribution < 1.29 is 4.74 Å². The van der Waals surface area contributed by atoms with Gasteiger partial charge in [-0.2, -0.15) is 0 Å². The third-order valence-electron chi connectivity index (χ3n) is 2.31. The Morgan fingerprint density at radius 2 is 1.58 bits per heavy atom. The number of hydrogen-bond donors (Lipinski definition) is 0. The lowest BCUT2D eigenvalue weighted by Gasteiger charge is -1.98. The molecule has 0 bridgehead atoms. The van der Waals surface area contributed by atoms with Crippen molar-refractivity contribution in [1.29, 1.82) is 0 Å². The molecule has 1 atom stereocenters. The van der Waals surface area contributed by atoms with Crippen molar-refractivity contribution >= 4 is 11.6 Å². The fourth-order valence-electron chi connectivity index (χ4n) is 1.41. The van der Waals surface area contributed by atoms with Gasteiger partial charge in [0.05, 0.1) is 12.7 Å². The number of alkyl halides is 1. The van der Waals surface area contributed by atoms with Crippen LogP contribution in [0.3, 0.4) is 0 Å². The molecule has 0 amide bonds. The molecule has 1 heterocycles. The number of ether oxygens (including phenoxy) is 1. The van der Waals surface area contributed by atoms with Crippen LogP contribution in [0.2, 0.25) is 0 Å². The molecule has 72 valence electrons. The highest BCUT2D eigenvalue weighted by Crippen LogP contribution is 2.17. The number of unbranched alkanes of at least 4 members (excludes halogenated alkanes) is 5. The first kappa shape index (κ1) is 10.3. The van der Waals surface area contributed by atoms with Crippen molar-refractivity contribution in [2.75, 3.05) is 12.5 Å². The summed E-state index contributed by atoms with van der Waals surface area (Å²) in [4.78, 5) is 0. The third-order valence-corrected chi connectivity index (χ3v) is 2.58. The number of rotatable bonds is 8. The lowest BCUT2D eigenvalue weighted by molar-refractivity contribution is 0.387. The molecule has 1 saturated heterocycles. The molecule has 0 spiro atoms. The van der Waals surface area contributed by atoms with Crippen LogP contribution in [-0.2, 0) is 4.74 Å². The van der Waals surface area contributed by atoms with Gasteiger partial charge in [-0.3, -0.25) is 0 Å². The van der Waals surface area contributed by atoms with Gasteiger partial charge >= 0.3 is 0 Å². The van der Waals surface area contributed by atoms with Crippen LogP contribution < -0.4 is 0 Å². The molecule has 2 heteroatoms. The largest absolute Gasteiger partial charge is 0.373 e. The molecule has 0 saturated carbocycles. The summed E-state index contributed by atoms with van der Waals surface area (Å²) in [5, 5.41) is 0. The predicted octanol–water partition coefficient (Wildman–Crippen LogP) is 3.35. The van der Waals surface area contributed by atoms with Gasteiger partial charge in [-0.25, -0.2) is 0 Å². The smallest absolute Gasteiger partial charge is 0.0810 e. The Morgan fingerprint density at radius 3 is 2.17 bits per heavy atom. The van der Waals surface area contributed by atoms with E-state index in [4.69, 9.17) is 16.3 Å². The maximum atomic E-state index is 5.57. The Kier molecular flexibility index (Phi) is 5.80. The summed E-state index contributed by atoms with van der Waals surface area (Å²) in [7, 11) is 0. The predicted molar refractivity (Wildman–Crippen MR) is 52.8 cm³/mol. The van der Waals surface area contributed by atoms with Crippen LogP contribution in [0.1, 0.15) is 44.9 Å². The fourth-order valence-corrected chi connectivity index (χ4v) is 1.60. The first-order valence-electron chi connectivity index (χ1n) is 5.11. The first-order valence-corrected chi connectivity index (χ1v) is 5.64. The second kappa shape index (κ2) is 6.73. The molecule has 1 nitrogen and oxygen atoms in total. The third kappa shape index (κ3) is 5.84. The number of halogens is 1. The molecule has 0 radical (unpaired) electrons. The molecule has 0 aromatic heterocycles. The average molecular weight is 191 g/mol. The maximum absolute atomic E-state index is 5.57. The van der Waals surface area contributed by atoms with Crippen LogP contribution in [0, 0.1) is 0 Å². The maximum Gasteiger partial charge on any atom is 0.0810 e. The van der Waals surface area contributed by atoms with Crippen molar-refractivity contribution in [1.82, 2.24) is 0 Å². The summed E-state index contributed by atoms with van der Waals surface area (Å²) < 4.78 is 5.14. The summed E-state index contributed by atoms with van der Waals surface area (Å²) in [5.41, 5.74) is 0. The van der Waals surface area contributed by atoms with Gasteiger partial charge in [0, 0.05) is 5.88 Å². The molecule has 1 aliphatic heterocycles. The van der Waals surface area contributed by atoms with Gasteiger partial charge in [-0.1, -0.05) is 32.1 Å². The zero-order valence-electron chi connectivity index (χ0n) is 7.73. The Balaban J connectivity index is 1.65. The Bertz CT molecular complexity index is 102. The van der Waals surface area contributed by atoms with E-state index in [9.17, 15) is 0 Å². The minimum absolute atomic E-state index is 0.632. The lowest BCUT2D eigenvalue weighted by Crippen LogP contribution is -1.86. The summed E-state index contributed by atoms with van der Waals surface area (Å²) in [5.74, 6) is 0.829. The van der Waals surface area contributed by atoms with Gasteiger partial charge in [0.2, 0.25) is 0 Å². The topological polar surface area (TPSA) is 12.5 Å². The summed E-state index contributed by atoms with van der Waals surface area (Å²) >= 11 is 5.57. The molecular weight excluding hydrogens is 172 g/mol. The Hall–Kier alpha value is 0.250. The van der Waals surface area contributed by atoms with Gasteiger partial charge in [-0.05, 0) is 12.8 Å². The van der Waals surface area contributed by atoms with E-state index in [1.54, 1.807) is 0 Å². The highest BCUT2D eigenvalue weighted by molar-refractivity contribution is 6.17. The van der Waals surface area contributed by atoms with Gasteiger partial charge < -0.3 is 4.74 Å². The molecule has 1 unspecified atom stereocenters. The van der Waals surface area contributed by atoms with Crippen LogP contribution in [0.15, 0.2) is 0 Å². The minimum Gasteiger partial charge on any atom is -0.373 e. The standard InChI is InChI=1S/C10H19ClO/c11-8-6-4-2-1-3-5-7-10-9-12-10/h10H,1-9H2. The zero-order chi connectivity index (χ0) is 8.65. The molecular formula is C10H19ClO. The van der Waals surface area contributed by atoms with Crippen LogP contribution >= 0.6 is 11.6 Å². The second-order valence-corrected chi connectivity index (χ2v) is 3.93. The summed E-state index contributed by atoms with van der Waals surface area (Å²) in [6.07, 6.45) is 9.88. The molecule has 0 aromatic carbocycles. The SMILES string of the molecule is ClCCCCCCCCC1CO1. The van der Waals surface area contributed by atoms with Gasteiger partial charge in [0.15, 0.2) is 0 Å². The molecule has 0 N–H and O–H groups in total. The minimum atomic E-state index is 0.632. The number of epoxide rings is 1. The molecule has 1 rings (SSSR count). The monoisotopic (exact) mass is 190 g/mol. The molecule has 12 heavy (non-hydrogen) atoms. The van der Waals surface area contributed by atoms with Crippen molar-refractivity contribution in [2.24, 2.45) is 0 Å². The second-order valence-electron chi connectivity index (χ2n) is 3.55. The van der Waals surface area contributed by atoms with Gasteiger partial charge in [0.1, 0.15) is 0 Å². The van der Waals surface area contributed by atoms with Gasteiger partial charge in [-0.15, -0.1) is 11.6 Å². The highest BCUT2D eigenvalue weighted by Gasteiger charge is 2.20. The van der Waals surface area contributed by atoms with Crippen molar-refractivity contribution in [3.8, 4) is 0 Å². The fraction of sp³-hybridized carbons (Fsp3) is 1.00. The van der Waals surface area contributed by atoms with Crippen LogP contribution in [-0.4, -0.2) is 18.6 Å². The Morgan fingerprint density at radius 1 is 1.00 bits per heavy atom. The zero-order valence-corrected chi connectivity index (χ0v) is 8.48. The molecule has 1 fully saturated rings. The van der Waals surface area contributed by atoms with E-state index in [0.717, 1.165) is 12.5 Å². The van der Waals surface area contributed by atoms with E-state index in [1.807, 2.05) is 0 Å². The number of hydrogen-bond acceptors (Lipinski definition) is 1. The van der Waals surface area contributed by atoms with E-state index in [-0.39, 0.29) is 0 Å². The Labute approximate surface area is 80.4 Å². The van der Waals surface area contributed by atoms with E-state index in [0.29, 0.717) is 6.10 Å². The quantitative estimate of drug-likeness (QED) is 0.325. The van der Waals surface area contributed by atoms with Crippen molar-refractivity contribution in [2.45, 2.75) is 51.0 Å². The van der Waals surface area contributed by atoms with E-state index in [1.165, 1.54) is 44.9 Å². The van der Waals surface area contributed by atoms with Crippen molar-refractivity contribution in [3.63, 3.8) is 0 Å². The first-order chi connectivity index (χ1) is 5.93. The van der Waals surface area contributed by atoms with Crippen molar-refractivity contribution in [3.05, 3.63) is 0 Å². The van der Waals surface area contributed by atoms with E-state index < -0.39 is 0 Å². The summed E-state index contributed by atoms with van der Waals surface area (Å²) in [6, 6.07) is 0. The van der Waals surface area contributed by atoms with Gasteiger partial charge in [0.25, 0.3) is 0 Å².